The van der Waals surface area contributed by atoms with Crippen LogP contribution in [-0.4, -0.2) is 4.98 Å². The number of hydrogen-bond acceptors (Lipinski definition) is 1. The monoisotopic (exact) mass is 343 g/mol. The summed E-state index contributed by atoms with van der Waals surface area (Å²) < 4.78 is 0.934. The van der Waals surface area contributed by atoms with Crippen molar-refractivity contribution in [3.8, 4) is 0 Å². The first-order chi connectivity index (χ1) is 8.58. The largest absolute Gasteiger partial charge is 0.261 e. The van der Waals surface area contributed by atoms with E-state index in [4.69, 9.17) is 23.2 Å². The highest BCUT2D eigenvalue weighted by Crippen LogP contribution is 2.37. The lowest BCUT2D eigenvalue weighted by Gasteiger charge is -2.18. The van der Waals surface area contributed by atoms with E-state index in [9.17, 15) is 0 Å². The summed E-state index contributed by atoms with van der Waals surface area (Å²) in [6.07, 6.45) is 1.78. The predicted molar refractivity (Wildman–Crippen MR) is 80.4 cm³/mol. The number of rotatable bonds is 3. The van der Waals surface area contributed by atoms with Crippen LogP contribution in [0.2, 0.25) is 5.02 Å². The maximum absolute atomic E-state index is 6.52. The van der Waals surface area contributed by atoms with Gasteiger partial charge in [-0.2, -0.15) is 0 Å². The molecule has 0 spiro atoms. The van der Waals surface area contributed by atoms with Gasteiger partial charge in [-0.05, 0) is 35.9 Å². The molecular formula is C14H12BrCl2N. The molecule has 18 heavy (non-hydrogen) atoms. The van der Waals surface area contributed by atoms with Crippen LogP contribution in [0.5, 0.6) is 0 Å². The lowest BCUT2D eigenvalue weighted by Crippen LogP contribution is -2.04. The van der Waals surface area contributed by atoms with Crippen molar-refractivity contribution in [1.82, 2.24) is 4.98 Å². The molecule has 1 aromatic carbocycles. The standard InChI is InChI=1S/C14H12BrCl2N/c1-9(13-4-2-3-5-18-13)14(17)10-6-11(15)8-12(16)7-10/h2-9,14H,1H3. The minimum absolute atomic E-state index is 0.123. The first kappa shape index (κ1) is 13.9. The maximum atomic E-state index is 6.52. The number of alkyl halides is 1. The number of hydrogen-bond donors (Lipinski definition) is 0. The lowest BCUT2D eigenvalue weighted by atomic mass is 9.97. The molecule has 0 N–H and O–H groups in total. The van der Waals surface area contributed by atoms with Crippen molar-refractivity contribution in [3.63, 3.8) is 0 Å². The highest BCUT2D eigenvalue weighted by atomic mass is 79.9. The molecule has 2 rings (SSSR count). The van der Waals surface area contributed by atoms with Gasteiger partial charge in [-0.3, -0.25) is 4.98 Å². The Labute approximate surface area is 125 Å². The second kappa shape index (κ2) is 6.05. The van der Waals surface area contributed by atoms with E-state index in [1.54, 1.807) is 6.20 Å². The summed E-state index contributed by atoms with van der Waals surface area (Å²) in [6, 6.07) is 11.6. The fraction of sp³-hybridized carbons (Fsp3) is 0.214. The van der Waals surface area contributed by atoms with Crippen molar-refractivity contribution in [2.45, 2.75) is 18.2 Å². The fourth-order valence-electron chi connectivity index (χ4n) is 1.82. The van der Waals surface area contributed by atoms with Gasteiger partial charge in [0.25, 0.3) is 0 Å². The SMILES string of the molecule is CC(c1ccccn1)C(Cl)c1cc(Cl)cc(Br)c1. The summed E-state index contributed by atoms with van der Waals surface area (Å²) >= 11 is 16.0. The number of benzene rings is 1. The van der Waals surface area contributed by atoms with Crippen molar-refractivity contribution in [2.24, 2.45) is 0 Å². The van der Waals surface area contributed by atoms with Gasteiger partial charge in [0.15, 0.2) is 0 Å². The van der Waals surface area contributed by atoms with Crippen LogP contribution in [0.1, 0.15) is 29.5 Å². The number of halogens is 3. The Bertz CT molecular complexity index is 510. The Morgan fingerprint density at radius 1 is 1.22 bits per heavy atom. The molecule has 0 bridgehead atoms. The van der Waals surface area contributed by atoms with Crippen molar-refractivity contribution in [3.05, 3.63) is 63.3 Å². The third-order valence-corrected chi connectivity index (χ3v) is 4.10. The average molecular weight is 345 g/mol. The van der Waals surface area contributed by atoms with Crippen molar-refractivity contribution >= 4 is 39.1 Å². The number of aromatic nitrogens is 1. The van der Waals surface area contributed by atoms with Crippen LogP contribution in [-0.2, 0) is 0 Å². The molecule has 2 unspecified atom stereocenters. The summed E-state index contributed by atoms with van der Waals surface area (Å²) in [6.45, 7) is 2.06. The Morgan fingerprint density at radius 3 is 2.61 bits per heavy atom. The predicted octanol–water partition coefficient (Wildman–Crippen LogP) is 5.58. The summed E-state index contributed by atoms with van der Waals surface area (Å²) in [7, 11) is 0. The molecule has 1 heterocycles. The van der Waals surface area contributed by atoms with E-state index in [1.165, 1.54) is 0 Å². The smallest absolute Gasteiger partial charge is 0.0667 e. The van der Waals surface area contributed by atoms with Gasteiger partial charge in [-0.25, -0.2) is 0 Å². The molecule has 0 aliphatic heterocycles. The highest BCUT2D eigenvalue weighted by molar-refractivity contribution is 9.10. The topological polar surface area (TPSA) is 12.9 Å². The molecular weight excluding hydrogens is 333 g/mol. The molecule has 0 aliphatic rings. The van der Waals surface area contributed by atoms with E-state index >= 15 is 0 Å². The van der Waals surface area contributed by atoms with Gasteiger partial charge in [-0.15, -0.1) is 11.6 Å². The Hall–Kier alpha value is -0.570. The second-order valence-electron chi connectivity index (χ2n) is 4.15. The molecule has 4 heteroatoms. The Morgan fingerprint density at radius 2 is 2.00 bits per heavy atom. The molecule has 0 radical (unpaired) electrons. The van der Waals surface area contributed by atoms with Crippen molar-refractivity contribution in [2.75, 3.05) is 0 Å². The summed E-state index contributed by atoms with van der Waals surface area (Å²) in [5.41, 5.74) is 1.97. The van der Waals surface area contributed by atoms with E-state index in [-0.39, 0.29) is 11.3 Å². The van der Waals surface area contributed by atoms with Crippen LogP contribution in [0.25, 0.3) is 0 Å². The fourth-order valence-corrected chi connectivity index (χ4v) is 2.96. The van der Waals surface area contributed by atoms with Gasteiger partial charge in [0.1, 0.15) is 0 Å². The van der Waals surface area contributed by atoms with E-state index in [0.717, 1.165) is 15.7 Å². The summed E-state index contributed by atoms with van der Waals surface area (Å²) in [5, 5.41) is 0.521. The summed E-state index contributed by atoms with van der Waals surface area (Å²) in [5.74, 6) is 0.123. The zero-order valence-electron chi connectivity index (χ0n) is 9.78. The van der Waals surface area contributed by atoms with Crippen LogP contribution in [0.15, 0.2) is 47.1 Å². The zero-order valence-corrected chi connectivity index (χ0v) is 12.9. The van der Waals surface area contributed by atoms with E-state index in [1.807, 2.05) is 36.4 Å². The third-order valence-electron chi connectivity index (χ3n) is 2.80. The van der Waals surface area contributed by atoms with Crippen LogP contribution in [0.4, 0.5) is 0 Å². The zero-order chi connectivity index (χ0) is 13.1. The van der Waals surface area contributed by atoms with Gasteiger partial charge in [0.2, 0.25) is 0 Å². The molecule has 94 valence electrons. The normalized spacial score (nSPS) is 14.2. The van der Waals surface area contributed by atoms with E-state index in [2.05, 4.69) is 27.8 Å². The van der Waals surface area contributed by atoms with E-state index in [0.29, 0.717) is 5.02 Å². The van der Waals surface area contributed by atoms with Gasteiger partial charge in [0, 0.05) is 27.3 Å². The molecule has 1 nitrogen and oxygen atoms in total. The Balaban J connectivity index is 2.28. The minimum atomic E-state index is -0.158. The van der Waals surface area contributed by atoms with Crippen molar-refractivity contribution < 1.29 is 0 Å². The van der Waals surface area contributed by atoms with Crippen LogP contribution < -0.4 is 0 Å². The average Bonchev–Trinajstić information content (AvgIpc) is 2.37. The molecule has 0 aliphatic carbocycles. The first-order valence-corrected chi connectivity index (χ1v) is 7.19. The van der Waals surface area contributed by atoms with Crippen molar-refractivity contribution in [1.29, 1.82) is 0 Å². The van der Waals surface area contributed by atoms with Crippen LogP contribution in [0, 0.1) is 0 Å². The Kier molecular flexibility index (Phi) is 4.66. The molecule has 0 amide bonds. The molecule has 0 saturated carbocycles. The van der Waals surface area contributed by atoms with Crippen LogP contribution in [0.3, 0.4) is 0 Å². The molecule has 2 atom stereocenters. The molecule has 2 aromatic rings. The molecule has 0 saturated heterocycles. The number of nitrogens with zero attached hydrogens (tertiary/aromatic N) is 1. The number of pyridine rings is 1. The van der Waals surface area contributed by atoms with Crippen LogP contribution >= 0.6 is 39.1 Å². The molecule has 0 fully saturated rings. The maximum Gasteiger partial charge on any atom is 0.0667 e. The van der Waals surface area contributed by atoms with Gasteiger partial charge >= 0.3 is 0 Å². The molecule has 1 aromatic heterocycles. The van der Waals surface area contributed by atoms with Gasteiger partial charge in [0.05, 0.1) is 5.38 Å². The first-order valence-electron chi connectivity index (χ1n) is 5.59. The highest BCUT2D eigenvalue weighted by Gasteiger charge is 2.20. The van der Waals surface area contributed by atoms with E-state index < -0.39 is 0 Å². The van der Waals surface area contributed by atoms with Gasteiger partial charge in [-0.1, -0.05) is 40.5 Å². The minimum Gasteiger partial charge on any atom is -0.261 e. The quantitative estimate of drug-likeness (QED) is 0.662. The third kappa shape index (κ3) is 3.25. The second-order valence-corrected chi connectivity index (χ2v) is 5.97. The lowest BCUT2D eigenvalue weighted by molar-refractivity contribution is 0.706. The van der Waals surface area contributed by atoms with Gasteiger partial charge < -0.3 is 0 Å². The summed E-state index contributed by atoms with van der Waals surface area (Å²) in [4.78, 5) is 4.34.